The number of nitrogens with one attached hydrogen (secondary N) is 1. The van der Waals surface area contributed by atoms with Crippen LogP contribution in [0.15, 0.2) is 12.7 Å². The zero-order chi connectivity index (χ0) is 8.15. The van der Waals surface area contributed by atoms with Crippen molar-refractivity contribution in [3.8, 4) is 0 Å². The summed E-state index contributed by atoms with van der Waals surface area (Å²) in [5.74, 6) is -0.210. The molecule has 0 bridgehead atoms. The van der Waals surface area contributed by atoms with Crippen LogP contribution in [0.4, 0.5) is 0 Å². The first-order valence-electron chi connectivity index (χ1n) is 2.83. The summed E-state index contributed by atoms with van der Waals surface area (Å²) in [6, 6.07) is -0.471. The average Bonchev–Trinajstić information content (AvgIpc) is 1.81. The summed E-state index contributed by atoms with van der Waals surface area (Å²) in [7, 11) is 0. The van der Waals surface area contributed by atoms with Crippen LogP contribution < -0.4 is 5.32 Å². The van der Waals surface area contributed by atoms with E-state index < -0.39 is 11.5 Å². The molecule has 0 saturated carbocycles. The van der Waals surface area contributed by atoms with Crippen molar-refractivity contribution in [3.63, 3.8) is 0 Å². The van der Waals surface area contributed by atoms with Gasteiger partial charge in [0.25, 0.3) is 0 Å². The number of hydrogen-bond donors (Lipinski definition) is 3. The zero-order valence-corrected chi connectivity index (χ0v) is 6.64. The molecular formula is C6H11NO2S. The lowest BCUT2D eigenvalue weighted by Gasteiger charge is -2.14. The van der Waals surface area contributed by atoms with Gasteiger partial charge in [-0.1, -0.05) is 6.08 Å². The molecule has 0 radical (unpaired) electrons. The van der Waals surface area contributed by atoms with Crippen LogP contribution >= 0.6 is 12.6 Å². The summed E-state index contributed by atoms with van der Waals surface area (Å²) in [5, 5.41) is 11.3. The van der Waals surface area contributed by atoms with E-state index in [0.29, 0.717) is 0 Å². The molecular weight excluding hydrogens is 150 g/mol. The van der Waals surface area contributed by atoms with Crippen LogP contribution in [0.25, 0.3) is 0 Å². The molecule has 0 aliphatic carbocycles. The fourth-order valence-electron chi connectivity index (χ4n) is 0.490. The molecule has 0 aliphatic heterocycles. The highest BCUT2D eigenvalue weighted by molar-refractivity contribution is 7.80. The van der Waals surface area contributed by atoms with E-state index in [9.17, 15) is 4.79 Å². The second-order valence-electron chi connectivity index (χ2n) is 1.88. The fourth-order valence-corrected chi connectivity index (χ4v) is 0.686. The van der Waals surface area contributed by atoms with Gasteiger partial charge in [0.05, 0.1) is 6.04 Å². The third-order valence-electron chi connectivity index (χ3n) is 0.945. The Kier molecular flexibility index (Phi) is 4.14. The highest BCUT2D eigenvalue weighted by Gasteiger charge is 2.11. The van der Waals surface area contributed by atoms with Crippen molar-refractivity contribution in [1.82, 2.24) is 5.32 Å². The van der Waals surface area contributed by atoms with E-state index in [1.165, 1.54) is 13.0 Å². The average molecular weight is 161 g/mol. The SMILES string of the molecule is C=C[C@H](NC(C)=O)C(O)S. The first-order valence-corrected chi connectivity index (χ1v) is 3.35. The second kappa shape index (κ2) is 4.35. The van der Waals surface area contributed by atoms with E-state index in [1.807, 2.05) is 0 Å². The molecule has 0 saturated heterocycles. The lowest BCUT2D eigenvalue weighted by molar-refractivity contribution is -0.119. The van der Waals surface area contributed by atoms with Crippen LogP contribution in [0.2, 0.25) is 0 Å². The monoisotopic (exact) mass is 161 g/mol. The highest BCUT2D eigenvalue weighted by atomic mass is 32.1. The van der Waals surface area contributed by atoms with E-state index in [2.05, 4.69) is 24.5 Å². The summed E-state index contributed by atoms with van der Waals surface area (Å²) >= 11 is 3.72. The van der Waals surface area contributed by atoms with Gasteiger partial charge in [0.1, 0.15) is 5.44 Å². The smallest absolute Gasteiger partial charge is 0.217 e. The number of carbonyl (C=O) groups excluding carboxylic acids is 1. The number of thiol groups is 1. The first kappa shape index (κ1) is 9.52. The number of hydrogen-bond acceptors (Lipinski definition) is 3. The molecule has 58 valence electrons. The minimum Gasteiger partial charge on any atom is -0.380 e. The molecule has 0 aromatic carbocycles. The lowest BCUT2D eigenvalue weighted by Crippen LogP contribution is -2.38. The Morgan fingerprint density at radius 1 is 1.90 bits per heavy atom. The van der Waals surface area contributed by atoms with E-state index in [-0.39, 0.29) is 5.91 Å². The Balaban J connectivity index is 3.83. The molecule has 0 aromatic heterocycles. The maximum Gasteiger partial charge on any atom is 0.217 e. The van der Waals surface area contributed by atoms with Gasteiger partial charge in [0.15, 0.2) is 0 Å². The topological polar surface area (TPSA) is 49.3 Å². The normalized spacial score (nSPS) is 15.5. The molecule has 4 heteroatoms. The summed E-state index contributed by atoms with van der Waals surface area (Å²) < 4.78 is 0. The standard InChI is InChI=1S/C6H11NO2S/c1-3-5(6(9)10)7-4(2)8/h3,5-6,9-10H,1H2,2H3,(H,7,8)/t5-,6?/m0/s1. The summed E-state index contributed by atoms with van der Waals surface area (Å²) in [6.45, 7) is 4.78. The van der Waals surface area contributed by atoms with Crippen LogP contribution in [0.1, 0.15) is 6.92 Å². The Bertz CT molecular complexity index is 136. The van der Waals surface area contributed by atoms with Gasteiger partial charge in [-0.3, -0.25) is 4.79 Å². The van der Waals surface area contributed by atoms with Crippen LogP contribution in [0, 0.1) is 0 Å². The Morgan fingerprint density at radius 2 is 2.40 bits per heavy atom. The molecule has 0 fully saturated rings. The summed E-state index contributed by atoms with van der Waals surface area (Å²) in [6.07, 6.45) is 1.43. The first-order chi connectivity index (χ1) is 4.57. The van der Waals surface area contributed by atoms with Crippen molar-refractivity contribution in [2.75, 3.05) is 0 Å². The van der Waals surface area contributed by atoms with E-state index in [0.717, 1.165) is 0 Å². The molecule has 1 amide bonds. The van der Waals surface area contributed by atoms with Gasteiger partial charge < -0.3 is 10.4 Å². The third kappa shape index (κ3) is 3.53. The summed E-state index contributed by atoms with van der Waals surface area (Å²) in [5.41, 5.74) is -0.888. The van der Waals surface area contributed by atoms with Crippen molar-refractivity contribution < 1.29 is 9.90 Å². The highest BCUT2D eigenvalue weighted by Crippen LogP contribution is 1.97. The van der Waals surface area contributed by atoms with Gasteiger partial charge in [-0.15, -0.1) is 19.2 Å². The van der Waals surface area contributed by atoms with E-state index in [4.69, 9.17) is 5.11 Å². The molecule has 10 heavy (non-hydrogen) atoms. The molecule has 2 atom stereocenters. The number of aliphatic hydroxyl groups excluding tert-OH is 1. The Labute approximate surface area is 65.5 Å². The Morgan fingerprint density at radius 3 is 2.50 bits per heavy atom. The minimum absolute atomic E-state index is 0.210. The van der Waals surface area contributed by atoms with Gasteiger partial charge in [0.2, 0.25) is 5.91 Å². The van der Waals surface area contributed by atoms with Gasteiger partial charge in [-0.25, -0.2) is 0 Å². The molecule has 0 spiro atoms. The molecule has 0 rings (SSSR count). The van der Waals surface area contributed by atoms with Crippen molar-refractivity contribution in [2.45, 2.75) is 18.4 Å². The predicted octanol–water partition coefficient (Wildman–Crippen LogP) is -0.0747. The second-order valence-corrected chi connectivity index (χ2v) is 2.40. The number of amides is 1. The zero-order valence-electron chi connectivity index (χ0n) is 5.74. The molecule has 0 aliphatic rings. The van der Waals surface area contributed by atoms with Crippen LogP contribution in [0.5, 0.6) is 0 Å². The van der Waals surface area contributed by atoms with E-state index in [1.54, 1.807) is 0 Å². The van der Waals surface area contributed by atoms with Gasteiger partial charge in [-0.2, -0.15) is 0 Å². The van der Waals surface area contributed by atoms with Crippen LogP contribution in [0.3, 0.4) is 0 Å². The van der Waals surface area contributed by atoms with Crippen molar-refractivity contribution in [3.05, 3.63) is 12.7 Å². The van der Waals surface area contributed by atoms with Crippen LogP contribution in [-0.2, 0) is 4.79 Å². The minimum atomic E-state index is -0.888. The molecule has 2 N–H and O–H groups in total. The number of rotatable bonds is 3. The quantitative estimate of drug-likeness (QED) is 0.308. The lowest BCUT2D eigenvalue weighted by atomic mass is 10.3. The maximum atomic E-state index is 10.4. The largest absolute Gasteiger partial charge is 0.380 e. The van der Waals surface area contributed by atoms with Crippen molar-refractivity contribution >= 4 is 18.5 Å². The Hall–Kier alpha value is -0.480. The van der Waals surface area contributed by atoms with Gasteiger partial charge >= 0.3 is 0 Å². The molecule has 1 unspecified atom stereocenters. The molecule has 3 nitrogen and oxygen atoms in total. The van der Waals surface area contributed by atoms with Crippen molar-refractivity contribution in [1.29, 1.82) is 0 Å². The van der Waals surface area contributed by atoms with Gasteiger partial charge in [0, 0.05) is 6.92 Å². The maximum absolute atomic E-state index is 10.4. The molecule has 0 heterocycles. The predicted molar refractivity (Wildman–Crippen MR) is 42.8 cm³/mol. The summed E-state index contributed by atoms with van der Waals surface area (Å²) in [4.78, 5) is 10.4. The van der Waals surface area contributed by atoms with Crippen molar-refractivity contribution in [2.24, 2.45) is 0 Å². The third-order valence-corrected chi connectivity index (χ3v) is 1.27. The van der Waals surface area contributed by atoms with E-state index >= 15 is 0 Å². The molecule has 0 aromatic rings. The number of carbonyl (C=O) groups is 1. The number of aliphatic hydroxyl groups is 1. The fraction of sp³-hybridized carbons (Fsp3) is 0.500. The van der Waals surface area contributed by atoms with Gasteiger partial charge in [-0.05, 0) is 0 Å². The van der Waals surface area contributed by atoms with Crippen LogP contribution in [-0.4, -0.2) is 22.5 Å².